The smallest absolute Gasteiger partial charge is 0.406 e. The molecule has 1 unspecified atom stereocenters. The number of carboxylic acid groups (broad SMARTS) is 1. The molecule has 120 valence electrons. The maximum Gasteiger partial charge on any atom is 0.406 e. The molecule has 2 rings (SSSR count). The first-order valence-corrected chi connectivity index (χ1v) is 7.30. The van der Waals surface area contributed by atoms with Crippen molar-refractivity contribution >= 4 is 11.9 Å². The molecule has 7 heteroatoms. The molecule has 0 spiro atoms. The highest BCUT2D eigenvalue weighted by Crippen LogP contribution is 2.39. The van der Waals surface area contributed by atoms with Crippen LogP contribution in [-0.2, 0) is 9.59 Å². The van der Waals surface area contributed by atoms with Crippen LogP contribution in [0.25, 0.3) is 0 Å². The Labute approximate surface area is 121 Å². The summed E-state index contributed by atoms with van der Waals surface area (Å²) in [6.45, 7) is 0.346. The predicted octanol–water partition coefficient (Wildman–Crippen LogP) is 2.68. The van der Waals surface area contributed by atoms with Gasteiger partial charge in [0.25, 0.3) is 0 Å². The Bertz CT molecular complexity index is 420. The number of hydrogen-bond donors (Lipinski definition) is 1. The molecule has 2 aliphatic carbocycles. The van der Waals surface area contributed by atoms with Gasteiger partial charge in [0.05, 0.1) is 11.8 Å². The quantitative estimate of drug-likeness (QED) is 0.849. The SMILES string of the molecule is CC(C1CC1)N(CC(F)(F)F)C(=O)[C@@H]1CCC[C@@H]1C(=O)O. The summed E-state index contributed by atoms with van der Waals surface area (Å²) in [4.78, 5) is 24.5. The molecule has 4 nitrogen and oxygen atoms in total. The van der Waals surface area contributed by atoms with Gasteiger partial charge in [-0.25, -0.2) is 0 Å². The van der Waals surface area contributed by atoms with Gasteiger partial charge in [-0.15, -0.1) is 0 Å². The van der Waals surface area contributed by atoms with Crippen molar-refractivity contribution in [2.24, 2.45) is 17.8 Å². The summed E-state index contributed by atoms with van der Waals surface area (Å²) < 4.78 is 38.2. The van der Waals surface area contributed by atoms with Crippen LogP contribution < -0.4 is 0 Å². The number of carbonyl (C=O) groups is 2. The summed E-state index contributed by atoms with van der Waals surface area (Å²) in [5.74, 6) is -3.28. The summed E-state index contributed by atoms with van der Waals surface area (Å²) in [7, 11) is 0. The molecule has 0 aliphatic heterocycles. The number of nitrogens with zero attached hydrogens (tertiary/aromatic N) is 1. The van der Waals surface area contributed by atoms with Crippen molar-refractivity contribution in [2.45, 2.75) is 51.2 Å². The molecule has 1 amide bonds. The van der Waals surface area contributed by atoms with E-state index >= 15 is 0 Å². The molecule has 0 radical (unpaired) electrons. The molecule has 2 saturated carbocycles. The molecular weight excluding hydrogens is 287 g/mol. The van der Waals surface area contributed by atoms with E-state index in [9.17, 15) is 22.8 Å². The summed E-state index contributed by atoms with van der Waals surface area (Å²) in [5, 5.41) is 9.11. The van der Waals surface area contributed by atoms with Crippen LogP contribution in [0, 0.1) is 17.8 Å². The van der Waals surface area contributed by atoms with Crippen LogP contribution in [0.2, 0.25) is 0 Å². The zero-order chi connectivity index (χ0) is 15.8. The molecule has 0 bridgehead atoms. The topological polar surface area (TPSA) is 57.6 Å². The first kappa shape index (κ1) is 16.1. The van der Waals surface area contributed by atoms with E-state index in [-0.39, 0.29) is 5.92 Å². The monoisotopic (exact) mass is 307 g/mol. The molecule has 0 aromatic rings. The molecule has 0 aromatic carbocycles. The molecule has 3 atom stereocenters. The first-order chi connectivity index (χ1) is 9.70. The maximum absolute atomic E-state index is 12.7. The van der Waals surface area contributed by atoms with Gasteiger partial charge in [0.15, 0.2) is 0 Å². The largest absolute Gasteiger partial charge is 0.481 e. The molecule has 1 N–H and O–H groups in total. The molecule has 21 heavy (non-hydrogen) atoms. The van der Waals surface area contributed by atoms with Crippen molar-refractivity contribution in [3.8, 4) is 0 Å². The summed E-state index contributed by atoms with van der Waals surface area (Å²) >= 11 is 0. The Kier molecular flexibility index (Phi) is 4.49. The Morgan fingerprint density at radius 2 is 1.76 bits per heavy atom. The second-order valence-electron chi connectivity index (χ2n) is 6.14. The third-order valence-electron chi connectivity index (χ3n) is 4.58. The molecule has 0 saturated heterocycles. The van der Waals surface area contributed by atoms with Crippen molar-refractivity contribution in [3.05, 3.63) is 0 Å². The van der Waals surface area contributed by atoms with Gasteiger partial charge >= 0.3 is 12.1 Å². The average molecular weight is 307 g/mol. The third kappa shape index (κ3) is 3.89. The van der Waals surface area contributed by atoms with Crippen molar-refractivity contribution < 1.29 is 27.9 Å². The van der Waals surface area contributed by atoms with Gasteiger partial charge in [0, 0.05) is 6.04 Å². The van der Waals surface area contributed by atoms with Gasteiger partial charge < -0.3 is 10.0 Å². The van der Waals surface area contributed by atoms with E-state index in [1.807, 2.05) is 0 Å². The van der Waals surface area contributed by atoms with Crippen LogP contribution in [0.3, 0.4) is 0 Å². The second kappa shape index (κ2) is 5.85. The van der Waals surface area contributed by atoms with E-state index in [2.05, 4.69) is 0 Å². The number of carboxylic acids is 1. The highest BCUT2D eigenvalue weighted by atomic mass is 19.4. The van der Waals surface area contributed by atoms with E-state index in [4.69, 9.17) is 5.11 Å². The van der Waals surface area contributed by atoms with Gasteiger partial charge in [0.1, 0.15) is 6.54 Å². The van der Waals surface area contributed by atoms with Crippen LogP contribution in [0.1, 0.15) is 39.0 Å². The predicted molar refractivity (Wildman–Crippen MR) is 68.4 cm³/mol. The van der Waals surface area contributed by atoms with Gasteiger partial charge in [-0.1, -0.05) is 6.42 Å². The highest BCUT2D eigenvalue weighted by Gasteiger charge is 2.46. The van der Waals surface area contributed by atoms with E-state index in [0.717, 1.165) is 17.7 Å². The zero-order valence-corrected chi connectivity index (χ0v) is 11.9. The molecular formula is C14H20F3NO3. The number of carbonyl (C=O) groups excluding carboxylic acids is 1. The summed E-state index contributed by atoms with van der Waals surface area (Å²) in [6.07, 6.45) is -1.50. The highest BCUT2D eigenvalue weighted by molar-refractivity contribution is 5.85. The standard InChI is InChI=1S/C14H20F3NO3/c1-8(9-5-6-9)18(7-14(15,16)17)12(19)10-3-2-4-11(10)13(20)21/h8-11H,2-7H2,1H3,(H,20,21)/t8?,10-,11+/m1/s1. The van der Waals surface area contributed by atoms with Crippen LogP contribution in [0.15, 0.2) is 0 Å². The lowest BCUT2D eigenvalue weighted by atomic mass is 9.94. The average Bonchev–Trinajstić information content (AvgIpc) is 3.09. The van der Waals surface area contributed by atoms with E-state index in [0.29, 0.717) is 19.3 Å². The number of rotatable bonds is 5. The molecule has 2 fully saturated rings. The van der Waals surface area contributed by atoms with E-state index < -0.39 is 42.5 Å². The zero-order valence-electron chi connectivity index (χ0n) is 11.9. The van der Waals surface area contributed by atoms with Crippen molar-refractivity contribution in [3.63, 3.8) is 0 Å². The molecule has 2 aliphatic rings. The second-order valence-corrected chi connectivity index (χ2v) is 6.14. The number of halogens is 3. The summed E-state index contributed by atoms with van der Waals surface area (Å²) in [5.41, 5.74) is 0. The number of hydrogen-bond acceptors (Lipinski definition) is 2. The van der Waals surface area contributed by atoms with Crippen LogP contribution in [0.5, 0.6) is 0 Å². The maximum atomic E-state index is 12.7. The Morgan fingerprint density at radius 1 is 1.19 bits per heavy atom. The number of alkyl halides is 3. The van der Waals surface area contributed by atoms with Gasteiger partial charge in [-0.3, -0.25) is 9.59 Å². The lowest BCUT2D eigenvalue weighted by molar-refractivity contribution is -0.170. The number of aliphatic carboxylic acids is 1. The fraction of sp³-hybridized carbons (Fsp3) is 0.857. The summed E-state index contributed by atoms with van der Waals surface area (Å²) in [6, 6.07) is -0.478. The van der Waals surface area contributed by atoms with Crippen LogP contribution in [-0.4, -0.2) is 40.6 Å². The fourth-order valence-electron chi connectivity index (χ4n) is 3.21. The van der Waals surface area contributed by atoms with E-state index in [1.165, 1.54) is 0 Å². The van der Waals surface area contributed by atoms with Gasteiger partial charge in [-0.2, -0.15) is 13.2 Å². The lowest BCUT2D eigenvalue weighted by Crippen LogP contribution is -2.49. The van der Waals surface area contributed by atoms with Crippen LogP contribution in [0.4, 0.5) is 13.2 Å². The van der Waals surface area contributed by atoms with Crippen molar-refractivity contribution in [1.29, 1.82) is 0 Å². The minimum atomic E-state index is -4.46. The number of amides is 1. The first-order valence-electron chi connectivity index (χ1n) is 7.30. The fourth-order valence-corrected chi connectivity index (χ4v) is 3.21. The minimum Gasteiger partial charge on any atom is -0.481 e. The van der Waals surface area contributed by atoms with E-state index in [1.54, 1.807) is 6.92 Å². The molecule has 0 heterocycles. The Hall–Kier alpha value is -1.27. The van der Waals surface area contributed by atoms with Crippen LogP contribution >= 0.6 is 0 Å². The van der Waals surface area contributed by atoms with Crippen molar-refractivity contribution in [1.82, 2.24) is 4.90 Å². The Morgan fingerprint density at radius 3 is 2.24 bits per heavy atom. The normalized spacial score (nSPS) is 27.4. The van der Waals surface area contributed by atoms with Crippen molar-refractivity contribution in [2.75, 3.05) is 6.54 Å². The third-order valence-corrected chi connectivity index (χ3v) is 4.58. The Balaban J connectivity index is 2.14. The van der Waals surface area contributed by atoms with Gasteiger partial charge in [-0.05, 0) is 38.5 Å². The lowest BCUT2D eigenvalue weighted by Gasteiger charge is -2.33. The van der Waals surface area contributed by atoms with Gasteiger partial charge in [0.2, 0.25) is 5.91 Å². The molecule has 0 aromatic heterocycles. The minimum absolute atomic E-state index is 0.112.